The molecule has 1 aromatic heterocycles. The summed E-state index contributed by atoms with van der Waals surface area (Å²) in [5, 5.41) is 6.48. The minimum atomic E-state index is -0.678. The minimum absolute atomic E-state index is 0.137. The van der Waals surface area contributed by atoms with Gasteiger partial charge in [0.2, 0.25) is 0 Å². The Kier molecular flexibility index (Phi) is 5.27. The van der Waals surface area contributed by atoms with Crippen LogP contribution in [-0.2, 0) is 5.54 Å². The van der Waals surface area contributed by atoms with Crippen molar-refractivity contribution >= 4 is 22.8 Å². The number of fused-ring (bicyclic) bond motifs is 1. The summed E-state index contributed by atoms with van der Waals surface area (Å²) in [6, 6.07) is 38.0. The fourth-order valence-corrected chi connectivity index (χ4v) is 5.26. The average Bonchev–Trinajstić information content (AvgIpc) is 3.30. The van der Waals surface area contributed by atoms with Gasteiger partial charge in [0, 0.05) is 29.4 Å². The topological polar surface area (TPSA) is 56.2 Å². The molecule has 4 aromatic carbocycles. The highest BCUT2D eigenvalue weighted by Crippen LogP contribution is 2.44. The van der Waals surface area contributed by atoms with E-state index in [1.165, 1.54) is 0 Å². The molecule has 170 valence electrons. The van der Waals surface area contributed by atoms with Crippen molar-refractivity contribution in [2.24, 2.45) is 4.99 Å². The molecule has 0 radical (unpaired) electrons. The second-order valence-electron chi connectivity index (χ2n) is 8.90. The summed E-state index contributed by atoms with van der Waals surface area (Å²) in [7, 11) is 0. The number of nitrogens with two attached hydrogens (primary N) is 1. The number of nitrogens with zero attached hydrogens (tertiary/aromatic N) is 3. The smallest absolute Gasteiger partial charge is 0.138 e. The molecule has 2 N–H and O–H groups in total. The van der Waals surface area contributed by atoms with Gasteiger partial charge < -0.3 is 5.73 Å². The molecule has 0 saturated carbocycles. The first kappa shape index (κ1) is 21.1. The van der Waals surface area contributed by atoms with E-state index in [1.54, 1.807) is 0 Å². The van der Waals surface area contributed by atoms with E-state index < -0.39 is 5.54 Å². The van der Waals surface area contributed by atoms with Crippen molar-refractivity contribution in [3.63, 3.8) is 0 Å². The molecular formula is C31H26N4. The Morgan fingerprint density at radius 2 is 1.31 bits per heavy atom. The molecule has 4 nitrogen and oxygen atoms in total. The Hall–Kier alpha value is -4.44. The third-order valence-corrected chi connectivity index (χ3v) is 6.85. The van der Waals surface area contributed by atoms with E-state index in [4.69, 9.17) is 10.8 Å². The zero-order valence-electron chi connectivity index (χ0n) is 19.3. The molecule has 0 amide bonds. The van der Waals surface area contributed by atoms with E-state index in [1.807, 2.05) is 18.5 Å². The Balaban J connectivity index is 1.76. The molecule has 1 aliphatic heterocycles. The molecule has 2 heterocycles. The summed E-state index contributed by atoms with van der Waals surface area (Å²) >= 11 is 0. The summed E-state index contributed by atoms with van der Waals surface area (Å²) < 4.78 is 2.21. The van der Waals surface area contributed by atoms with Gasteiger partial charge in [0.1, 0.15) is 5.54 Å². The van der Waals surface area contributed by atoms with E-state index >= 15 is 0 Å². The Bertz CT molecular complexity index is 1420. The highest BCUT2D eigenvalue weighted by molar-refractivity contribution is 5.87. The summed E-state index contributed by atoms with van der Waals surface area (Å²) in [6.45, 7) is 0. The van der Waals surface area contributed by atoms with Crippen molar-refractivity contribution in [3.05, 3.63) is 144 Å². The van der Waals surface area contributed by atoms with Crippen LogP contribution in [0, 0.1) is 0 Å². The Morgan fingerprint density at radius 3 is 1.83 bits per heavy atom. The van der Waals surface area contributed by atoms with Gasteiger partial charge in [0.25, 0.3) is 0 Å². The first-order valence-electron chi connectivity index (χ1n) is 11.9. The minimum Gasteiger partial charge on any atom is -0.399 e. The van der Waals surface area contributed by atoms with E-state index in [0.717, 1.165) is 45.4 Å². The fourth-order valence-electron chi connectivity index (χ4n) is 5.26. The quantitative estimate of drug-likeness (QED) is 0.242. The van der Waals surface area contributed by atoms with Crippen LogP contribution in [-0.4, -0.2) is 16.0 Å². The maximum atomic E-state index is 6.29. The van der Waals surface area contributed by atoms with E-state index in [-0.39, 0.29) is 5.92 Å². The number of allylic oxidation sites excluding steroid dienone is 1. The van der Waals surface area contributed by atoms with E-state index in [9.17, 15) is 0 Å². The van der Waals surface area contributed by atoms with Crippen molar-refractivity contribution < 1.29 is 0 Å². The highest BCUT2D eigenvalue weighted by atomic mass is 15.3. The van der Waals surface area contributed by atoms with Gasteiger partial charge in [-0.2, -0.15) is 5.10 Å². The molecule has 0 bridgehead atoms. The number of hydrogen-bond donors (Lipinski definition) is 1. The van der Waals surface area contributed by atoms with Crippen molar-refractivity contribution in [3.8, 4) is 0 Å². The first-order valence-corrected chi connectivity index (χ1v) is 11.9. The van der Waals surface area contributed by atoms with Crippen LogP contribution in [0.2, 0.25) is 0 Å². The molecule has 4 heteroatoms. The monoisotopic (exact) mass is 454 g/mol. The van der Waals surface area contributed by atoms with Crippen LogP contribution >= 0.6 is 0 Å². The molecule has 35 heavy (non-hydrogen) atoms. The average molecular weight is 455 g/mol. The normalized spacial score (nSPS) is 15.5. The van der Waals surface area contributed by atoms with Gasteiger partial charge in [0.05, 0.1) is 11.2 Å². The first-order chi connectivity index (χ1) is 17.3. The van der Waals surface area contributed by atoms with Crippen LogP contribution < -0.4 is 5.73 Å². The molecule has 5 aromatic rings. The summed E-state index contributed by atoms with van der Waals surface area (Å²) in [6.07, 6.45) is 6.77. The summed E-state index contributed by atoms with van der Waals surface area (Å²) in [5.74, 6) is 0.137. The standard InChI is InChI=1S/C31H26N4/c32-27-16-17-29-28(22-27)30(23-18-20-33-21-19-23)34-35(29)31(24-10-4-1-5-11-24,25-12-6-2-7-13-25)26-14-8-3-9-15-26/h1-18,20-23H,19,32H2. The fraction of sp³-hybridized carbons (Fsp3) is 0.0968. The van der Waals surface area contributed by atoms with Crippen LogP contribution in [0.5, 0.6) is 0 Å². The Morgan fingerprint density at radius 1 is 0.743 bits per heavy atom. The van der Waals surface area contributed by atoms with Crippen LogP contribution in [0.3, 0.4) is 0 Å². The highest BCUT2D eigenvalue weighted by Gasteiger charge is 2.41. The van der Waals surface area contributed by atoms with Gasteiger partial charge in [0.15, 0.2) is 0 Å². The largest absolute Gasteiger partial charge is 0.399 e. The summed E-state index contributed by atoms with van der Waals surface area (Å²) in [5.41, 5.74) is 11.8. The molecule has 1 aliphatic rings. The van der Waals surface area contributed by atoms with Crippen molar-refractivity contribution in [1.29, 1.82) is 0 Å². The molecule has 0 aliphatic carbocycles. The van der Waals surface area contributed by atoms with Crippen LogP contribution in [0.4, 0.5) is 5.69 Å². The van der Waals surface area contributed by atoms with Crippen LogP contribution in [0.15, 0.2) is 126 Å². The molecule has 6 rings (SSSR count). The van der Waals surface area contributed by atoms with Gasteiger partial charge in [-0.05, 0) is 41.3 Å². The molecule has 1 unspecified atom stereocenters. The third-order valence-electron chi connectivity index (χ3n) is 6.85. The zero-order chi connectivity index (χ0) is 23.7. The van der Waals surface area contributed by atoms with E-state index in [2.05, 4.69) is 119 Å². The lowest BCUT2D eigenvalue weighted by Gasteiger charge is -2.37. The van der Waals surface area contributed by atoms with Crippen LogP contribution in [0.1, 0.15) is 34.7 Å². The number of hydrogen-bond acceptors (Lipinski definition) is 3. The predicted octanol–water partition coefficient (Wildman–Crippen LogP) is 6.53. The zero-order valence-corrected chi connectivity index (χ0v) is 19.3. The number of nitrogen functional groups attached to an aromatic ring is 1. The number of benzene rings is 4. The SMILES string of the molecule is Nc1ccc2c(c1)c(C1C=CN=CC1)nn2C(c1ccccc1)(c1ccccc1)c1ccccc1. The lowest BCUT2D eigenvalue weighted by molar-refractivity contribution is 0.469. The maximum Gasteiger partial charge on any atom is 0.138 e. The lowest BCUT2D eigenvalue weighted by Crippen LogP contribution is -2.38. The lowest BCUT2D eigenvalue weighted by atomic mass is 9.77. The van der Waals surface area contributed by atoms with Crippen molar-refractivity contribution in [1.82, 2.24) is 9.78 Å². The summed E-state index contributed by atoms with van der Waals surface area (Å²) in [4.78, 5) is 4.28. The third kappa shape index (κ3) is 3.46. The number of anilines is 1. The van der Waals surface area contributed by atoms with Gasteiger partial charge in [-0.15, -0.1) is 0 Å². The Labute approximate surface area is 205 Å². The van der Waals surface area contributed by atoms with Gasteiger partial charge in [-0.3, -0.25) is 4.99 Å². The maximum absolute atomic E-state index is 6.29. The van der Waals surface area contributed by atoms with Crippen molar-refractivity contribution in [2.45, 2.75) is 17.9 Å². The van der Waals surface area contributed by atoms with Crippen LogP contribution in [0.25, 0.3) is 10.9 Å². The number of aromatic nitrogens is 2. The second-order valence-corrected chi connectivity index (χ2v) is 8.90. The molecule has 0 saturated heterocycles. The number of aliphatic imine (C=N–C) groups is 1. The molecular weight excluding hydrogens is 428 g/mol. The number of rotatable bonds is 5. The predicted molar refractivity (Wildman–Crippen MR) is 144 cm³/mol. The molecule has 0 spiro atoms. The van der Waals surface area contributed by atoms with Gasteiger partial charge >= 0.3 is 0 Å². The van der Waals surface area contributed by atoms with Gasteiger partial charge in [-0.1, -0.05) is 97.1 Å². The molecule has 0 fully saturated rings. The van der Waals surface area contributed by atoms with E-state index in [0.29, 0.717) is 0 Å². The second kappa shape index (κ2) is 8.73. The van der Waals surface area contributed by atoms with Crippen molar-refractivity contribution in [2.75, 3.05) is 5.73 Å². The van der Waals surface area contributed by atoms with Gasteiger partial charge in [-0.25, -0.2) is 4.68 Å². The molecule has 1 atom stereocenters.